The number of hydrogen-bond donors (Lipinski definition) is 0. The molecule has 0 saturated carbocycles. The van der Waals surface area contributed by atoms with Gasteiger partial charge in [0.25, 0.3) is 0 Å². The monoisotopic (exact) mass is 568 g/mol. The molecule has 0 aromatic rings. The van der Waals surface area contributed by atoms with Crippen LogP contribution >= 0.6 is 37.1 Å². The largest absolute Gasteiger partial charge is 2.00 e. The zero-order valence-electron chi connectivity index (χ0n) is 13.2. The Hall–Kier alpha value is 5.73. The molecule has 0 rings (SSSR count). The van der Waals surface area contributed by atoms with Crippen molar-refractivity contribution < 1.29 is 126 Å². The van der Waals surface area contributed by atoms with Gasteiger partial charge in [0.05, 0.1) is 0 Å². The van der Waals surface area contributed by atoms with Gasteiger partial charge in [-0.3, -0.25) is 0 Å². The van der Waals surface area contributed by atoms with Crippen LogP contribution in [-0.4, -0.2) is 13.3 Å². The molecule has 0 aliphatic heterocycles. The van der Waals surface area contributed by atoms with E-state index in [0.29, 0.717) is 0 Å². The molecule has 0 aromatic heterocycles. The molecule has 0 saturated heterocycles. The van der Waals surface area contributed by atoms with Crippen LogP contribution < -0.4 is 0 Å². The van der Waals surface area contributed by atoms with Crippen molar-refractivity contribution in [2.75, 3.05) is 13.3 Å². The van der Waals surface area contributed by atoms with E-state index in [-0.39, 0.29) is 109 Å². The third-order valence-corrected chi connectivity index (χ3v) is 0.707. The summed E-state index contributed by atoms with van der Waals surface area (Å²) >= 11 is -0.556. The average molecular weight is 568 g/mol. The van der Waals surface area contributed by atoms with E-state index in [2.05, 4.69) is 46.2 Å². The maximum atomic E-state index is 4.89. The Bertz CT molecular complexity index is 48.9. The summed E-state index contributed by atoms with van der Waals surface area (Å²) in [6, 6.07) is 0. The first-order valence-corrected chi connectivity index (χ1v) is 11.6. The van der Waals surface area contributed by atoms with Gasteiger partial charge in [0, 0.05) is 86.9 Å². The summed E-state index contributed by atoms with van der Waals surface area (Å²) < 4.78 is 0. The smallest absolute Gasteiger partial charge is 0 e. The Morgan fingerprint density at radius 3 is 0.800 bits per heavy atom. The van der Waals surface area contributed by atoms with Crippen LogP contribution in [0, 0.1) is 13.8 Å². The molecule has 0 aliphatic carbocycles. The maximum Gasteiger partial charge on any atom is 2.00 e. The van der Waals surface area contributed by atoms with Crippen LogP contribution in [0.5, 0.6) is 0 Å². The van der Waals surface area contributed by atoms with E-state index in [0.717, 1.165) is 12.8 Å². The minimum Gasteiger partial charge on any atom is 0 e. The van der Waals surface area contributed by atoms with Crippen molar-refractivity contribution in [3.63, 3.8) is 0 Å². The van der Waals surface area contributed by atoms with Crippen LogP contribution in [0.1, 0.15) is 39.5 Å². The summed E-state index contributed by atoms with van der Waals surface area (Å²) in [5, 5.41) is 0. The molecular formula is C10H28Cl2P2Ti6. The quantitative estimate of drug-likeness (QED) is 0.232. The summed E-state index contributed by atoms with van der Waals surface area (Å²) in [6.07, 6.45) is 4.56. The van der Waals surface area contributed by atoms with Gasteiger partial charge < -0.3 is 13.8 Å². The van der Waals surface area contributed by atoms with Crippen LogP contribution in [0.3, 0.4) is 0 Å². The minimum atomic E-state index is -0.556. The first-order chi connectivity index (χ1) is 7.24. The van der Waals surface area contributed by atoms with E-state index in [4.69, 9.17) is 18.6 Å². The van der Waals surface area contributed by atoms with Crippen molar-refractivity contribution >= 4 is 37.1 Å². The third kappa shape index (κ3) is 205. The predicted octanol–water partition coefficient (Wildman–Crippen LogP) is 5.59. The van der Waals surface area contributed by atoms with Crippen LogP contribution in [0.2, 0.25) is 0 Å². The summed E-state index contributed by atoms with van der Waals surface area (Å²) in [4.78, 5) is 0. The van der Waals surface area contributed by atoms with E-state index in [1.165, 1.54) is 12.8 Å². The molecule has 2 unspecified atom stereocenters. The van der Waals surface area contributed by atoms with Crippen molar-refractivity contribution in [1.29, 1.82) is 0 Å². The normalized spacial score (nSPS) is 4.30. The second-order valence-corrected chi connectivity index (χ2v) is 4.36. The Morgan fingerprint density at radius 1 is 0.750 bits per heavy atom. The number of unbranched alkanes of at least 4 members (excludes halogenated alkanes) is 2. The molecule has 0 amide bonds. The van der Waals surface area contributed by atoms with E-state index in [1.807, 2.05) is 13.3 Å². The molecule has 0 radical (unpaired) electrons. The van der Waals surface area contributed by atoms with Gasteiger partial charge in [0.2, 0.25) is 0 Å². The van der Waals surface area contributed by atoms with Gasteiger partial charge in [-0.25, -0.2) is 0 Å². The van der Waals surface area contributed by atoms with Crippen molar-refractivity contribution in [2.45, 2.75) is 39.5 Å². The van der Waals surface area contributed by atoms with Crippen molar-refractivity contribution in [3.8, 4) is 0 Å². The summed E-state index contributed by atoms with van der Waals surface area (Å²) in [7, 11) is 14.6. The predicted molar refractivity (Wildman–Crippen MR) is 83.5 cm³/mol. The fourth-order valence-corrected chi connectivity index (χ4v) is 0. The molecule has 0 aliphatic rings. The van der Waals surface area contributed by atoms with Crippen molar-refractivity contribution in [2.24, 2.45) is 0 Å². The van der Waals surface area contributed by atoms with Crippen LogP contribution in [-0.2, 0) is 126 Å². The van der Waals surface area contributed by atoms with Gasteiger partial charge in [0.15, 0.2) is 0 Å². The fourth-order valence-electron chi connectivity index (χ4n) is 0. The average Bonchev–Trinajstić information content (AvgIpc) is 2.35. The number of rotatable bonds is 2. The van der Waals surface area contributed by atoms with E-state index in [1.54, 1.807) is 0 Å². The summed E-state index contributed by atoms with van der Waals surface area (Å²) in [6.45, 7) is 15.3. The Labute approximate surface area is 225 Å². The Morgan fingerprint density at radius 2 is 0.800 bits per heavy atom. The second kappa shape index (κ2) is 121. The molecule has 0 nitrogen and oxygen atoms in total. The molecule has 116 valence electrons. The van der Waals surface area contributed by atoms with Crippen molar-refractivity contribution in [3.05, 3.63) is 13.8 Å². The summed E-state index contributed by atoms with van der Waals surface area (Å²) in [5.41, 5.74) is 0. The molecule has 0 spiro atoms. The van der Waals surface area contributed by atoms with Gasteiger partial charge in [-0.05, 0) is 0 Å². The molecular weight excluding hydrogens is 540 g/mol. The minimum absolute atomic E-state index is 0. The van der Waals surface area contributed by atoms with E-state index < -0.39 is 17.0 Å². The van der Waals surface area contributed by atoms with Gasteiger partial charge in [-0.1, -0.05) is 40.0 Å². The molecule has 0 fully saturated rings. The Kier molecular flexibility index (Phi) is 385. The first kappa shape index (κ1) is 63.6. The first-order valence-electron chi connectivity index (χ1n) is 4.95. The zero-order valence-corrected chi connectivity index (χ0v) is 26.3. The van der Waals surface area contributed by atoms with Gasteiger partial charge >= 0.3 is 57.4 Å². The molecule has 0 bridgehead atoms. The van der Waals surface area contributed by atoms with E-state index in [9.17, 15) is 0 Å². The van der Waals surface area contributed by atoms with Gasteiger partial charge in [0.1, 0.15) is 0 Å². The Balaban J connectivity index is -0.00000000755. The fraction of sp³-hybridized carbons (Fsp3) is 0.800. The standard InChI is InChI=1S/2C4H9.2CH5P.2ClH.6Ti/c2*1-3-4-2;2*1-2;;;;;;;;/h2*1,3-4H2,2H3;2*2H2,1H3;2*1H;;;;;;/q2*-1;;;;;;;;;2*+2/p-2. The van der Waals surface area contributed by atoms with Crippen LogP contribution in [0.25, 0.3) is 0 Å². The SMILES string of the molecule is CP.CP.[CH2-]CCC.[CH2-]CCC.[Cl][Ti][Cl].[Ti+2].[Ti].[Ti].[Ti].[Ti]. The zero-order chi connectivity index (χ0) is 13.5. The third-order valence-electron chi connectivity index (χ3n) is 0.707. The van der Waals surface area contributed by atoms with E-state index >= 15 is 0 Å². The molecule has 0 N–H and O–H groups in total. The molecule has 0 heterocycles. The van der Waals surface area contributed by atoms with Gasteiger partial charge in [-0.2, -0.15) is 12.8 Å². The van der Waals surface area contributed by atoms with Crippen LogP contribution in [0.4, 0.5) is 0 Å². The van der Waals surface area contributed by atoms with Crippen molar-refractivity contribution in [1.82, 2.24) is 0 Å². The number of hydrogen-bond acceptors (Lipinski definition) is 0. The maximum absolute atomic E-state index is 4.89. The second-order valence-electron chi connectivity index (χ2n) is 1.78. The molecule has 10 heteroatoms. The molecule has 2 atom stereocenters. The summed E-state index contributed by atoms with van der Waals surface area (Å²) in [5.74, 6) is 0. The molecule has 20 heavy (non-hydrogen) atoms. The molecule has 0 aromatic carbocycles. The van der Waals surface area contributed by atoms with Gasteiger partial charge in [-0.15, -0.1) is 18.5 Å². The number of halogens is 2. The van der Waals surface area contributed by atoms with Crippen LogP contribution in [0.15, 0.2) is 0 Å². The topological polar surface area (TPSA) is 0 Å².